The minimum atomic E-state index is -0.708. The van der Waals surface area contributed by atoms with Crippen molar-refractivity contribution in [3.8, 4) is 17.1 Å². The SMILES string of the molecule is Cc1c(C(=O)NCC(O)CN2CCN(c3cccc(Cl)c3Cl)CC2)nc(-c2ccccc2)n1-c1ccccc1.Cl.Cl.Cl.Cl. The number of halogens is 6. The molecule has 4 aromatic rings. The van der Waals surface area contributed by atoms with E-state index in [2.05, 4.69) is 15.1 Å². The molecule has 5 rings (SSSR count). The average Bonchev–Trinajstić information content (AvgIpc) is 3.31. The van der Waals surface area contributed by atoms with Crippen LogP contribution in [0.1, 0.15) is 16.2 Å². The van der Waals surface area contributed by atoms with Gasteiger partial charge in [-0.25, -0.2) is 4.98 Å². The zero-order valence-electron chi connectivity index (χ0n) is 23.4. The van der Waals surface area contributed by atoms with E-state index >= 15 is 0 Å². The largest absolute Gasteiger partial charge is 0.390 e. The molecule has 3 aromatic carbocycles. The van der Waals surface area contributed by atoms with Crippen LogP contribution in [-0.4, -0.2) is 70.8 Å². The summed E-state index contributed by atoms with van der Waals surface area (Å²) in [6.07, 6.45) is -0.708. The quantitative estimate of drug-likeness (QED) is 0.212. The maximum absolute atomic E-state index is 13.2. The Kier molecular flexibility index (Phi) is 16.2. The molecule has 0 bridgehead atoms. The third-order valence-electron chi connectivity index (χ3n) is 6.98. The Hall–Kier alpha value is -2.20. The Balaban J connectivity index is 0.00000231. The van der Waals surface area contributed by atoms with Crippen LogP contribution in [0, 0.1) is 6.92 Å². The molecule has 0 aliphatic carbocycles. The Bertz CT molecular complexity index is 1430. The minimum Gasteiger partial charge on any atom is -0.390 e. The number of hydrogen-bond donors (Lipinski definition) is 2. The topological polar surface area (TPSA) is 73.6 Å². The second kappa shape index (κ2) is 17.9. The first-order valence-corrected chi connectivity index (χ1v) is 13.8. The Morgan fingerprint density at radius 3 is 2.12 bits per heavy atom. The number of carbonyl (C=O) groups is 1. The van der Waals surface area contributed by atoms with Gasteiger partial charge < -0.3 is 15.3 Å². The van der Waals surface area contributed by atoms with E-state index in [9.17, 15) is 9.90 Å². The number of nitrogens with zero attached hydrogens (tertiary/aromatic N) is 4. The van der Waals surface area contributed by atoms with Crippen LogP contribution in [0.25, 0.3) is 17.1 Å². The van der Waals surface area contributed by atoms with Crippen molar-refractivity contribution >= 4 is 84.4 Å². The van der Waals surface area contributed by atoms with Crippen molar-refractivity contribution in [1.82, 2.24) is 19.8 Å². The average molecular weight is 710 g/mol. The number of amides is 1. The van der Waals surface area contributed by atoms with Crippen molar-refractivity contribution in [2.24, 2.45) is 0 Å². The van der Waals surface area contributed by atoms with Crippen LogP contribution in [0.2, 0.25) is 10.0 Å². The zero-order chi connectivity index (χ0) is 27.4. The lowest BCUT2D eigenvalue weighted by atomic mass is 10.2. The summed E-state index contributed by atoms with van der Waals surface area (Å²) in [5, 5.41) is 14.7. The highest BCUT2D eigenvalue weighted by molar-refractivity contribution is 6.43. The summed E-state index contributed by atoms with van der Waals surface area (Å²) in [5.74, 6) is 0.390. The van der Waals surface area contributed by atoms with Gasteiger partial charge in [0.05, 0.1) is 27.5 Å². The van der Waals surface area contributed by atoms with Crippen molar-refractivity contribution in [2.75, 3.05) is 44.2 Å². The van der Waals surface area contributed by atoms with E-state index in [1.807, 2.05) is 84.3 Å². The lowest BCUT2D eigenvalue weighted by molar-refractivity contribution is 0.0847. The maximum Gasteiger partial charge on any atom is 0.271 e. The van der Waals surface area contributed by atoms with Gasteiger partial charge in [-0.05, 0) is 31.2 Å². The van der Waals surface area contributed by atoms with Crippen molar-refractivity contribution in [2.45, 2.75) is 13.0 Å². The molecule has 0 radical (unpaired) electrons. The number of benzene rings is 3. The lowest BCUT2D eigenvalue weighted by Gasteiger charge is -2.37. The molecule has 2 N–H and O–H groups in total. The van der Waals surface area contributed by atoms with E-state index < -0.39 is 6.10 Å². The van der Waals surface area contributed by atoms with Gasteiger partial charge >= 0.3 is 0 Å². The number of anilines is 1. The van der Waals surface area contributed by atoms with Gasteiger partial charge in [0.2, 0.25) is 0 Å². The number of carbonyl (C=O) groups excluding carboxylic acids is 1. The molecule has 234 valence electrons. The van der Waals surface area contributed by atoms with Crippen molar-refractivity contribution < 1.29 is 9.90 Å². The van der Waals surface area contributed by atoms with E-state index in [1.54, 1.807) is 6.07 Å². The van der Waals surface area contributed by atoms with E-state index in [-0.39, 0.29) is 62.1 Å². The molecule has 1 aliphatic heterocycles. The highest BCUT2D eigenvalue weighted by Gasteiger charge is 2.24. The fraction of sp³-hybridized carbons (Fsp3) is 0.267. The first kappa shape index (κ1) is 38.8. The Morgan fingerprint density at radius 1 is 0.884 bits per heavy atom. The molecule has 1 atom stereocenters. The van der Waals surface area contributed by atoms with Crippen LogP contribution in [0.5, 0.6) is 0 Å². The molecule has 1 aromatic heterocycles. The Morgan fingerprint density at radius 2 is 1.49 bits per heavy atom. The molecule has 0 spiro atoms. The molecular formula is C30H35Cl6N5O2. The first-order valence-electron chi connectivity index (χ1n) is 13.0. The van der Waals surface area contributed by atoms with Crippen LogP contribution >= 0.6 is 72.8 Å². The number of hydrogen-bond acceptors (Lipinski definition) is 5. The third-order valence-corrected chi connectivity index (χ3v) is 7.79. The summed E-state index contributed by atoms with van der Waals surface area (Å²) in [4.78, 5) is 22.3. The van der Waals surface area contributed by atoms with Crippen molar-refractivity contribution in [3.05, 3.63) is 100 Å². The minimum absolute atomic E-state index is 0. The number of aliphatic hydroxyl groups excluding tert-OH is 1. The number of nitrogens with one attached hydrogen (secondary N) is 1. The second-order valence-corrected chi connectivity index (χ2v) is 10.4. The van der Waals surface area contributed by atoms with Crippen LogP contribution in [0.15, 0.2) is 78.9 Å². The van der Waals surface area contributed by atoms with Gasteiger partial charge in [0.25, 0.3) is 5.91 Å². The summed E-state index contributed by atoms with van der Waals surface area (Å²) < 4.78 is 1.99. The van der Waals surface area contributed by atoms with Gasteiger partial charge in [-0.2, -0.15) is 0 Å². The fourth-order valence-electron chi connectivity index (χ4n) is 4.96. The van der Waals surface area contributed by atoms with Crippen molar-refractivity contribution in [1.29, 1.82) is 0 Å². The Labute approximate surface area is 287 Å². The smallest absolute Gasteiger partial charge is 0.271 e. The highest BCUT2D eigenvalue weighted by atomic mass is 35.5. The summed E-state index contributed by atoms with van der Waals surface area (Å²) in [7, 11) is 0. The van der Waals surface area contributed by atoms with Crippen LogP contribution in [0.4, 0.5) is 5.69 Å². The van der Waals surface area contributed by atoms with Gasteiger partial charge in [-0.3, -0.25) is 14.3 Å². The van der Waals surface area contributed by atoms with Crippen molar-refractivity contribution in [3.63, 3.8) is 0 Å². The van der Waals surface area contributed by atoms with Gasteiger partial charge in [0.1, 0.15) is 11.5 Å². The monoisotopic (exact) mass is 707 g/mol. The zero-order valence-corrected chi connectivity index (χ0v) is 28.1. The van der Waals surface area contributed by atoms with E-state index in [4.69, 9.17) is 28.2 Å². The number of aliphatic hydroxyl groups is 1. The number of para-hydroxylation sites is 1. The van der Waals surface area contributed by atoms with Crippen LogP contribution in [-0.2, 0) is 0 Å². The molecular weight excluding hydrogens is 675 g/mol. The predicted molar refractivity (Wildman–Crippen MR) is 186 cm³/mol. The molecule has 43 heavy (non-hydrogen) atoms. The van der Waals surface area contributed by atoms with E-state index in [0.717, 1.165) is 48.8 Å². The number of β-amino-alcohol motifs (C(OH)–C–C–N with tert-alkyl or cyclic N) is 1. The fourth-order valence-corrected chi connectivity index (χ4v) is 5.37. The number of piperazine rings is 1. The molecule has 0 saturated carbocycles. The molecule has 1 fully saturated rings. The standard InChI is InChI=1S/C30H31Cl2N5O2.4ClH/c1-21-28(34-29(22-9-4-2-5-10-22)37(21)23-11-6-3-7-12-23)30(39)33-19-24(38)20-35-15-17-36(18-16-35)26-14-8-13-25(31)27(26)32;;;;/h2-14,24,38H,15-20H2,1H3,(H,33,39);4*1H. The van der Waals surface area contributed by atoms with Gasteiger partial charge in [0.15, 0.2) is 0 Å². The van der Waals surface area contributed by atoms with Crippen LogP contribution < -0.4 is 10.2 Å². The molecule has 1 aliphatic rings. The maximum atomic E-state index is 13.2. The van der Waals surface area contributed by atoms with Gasteiger partial charge in [-0.15, -0.1) is 49.6 Å². The first-order chi connectivity index (χ1) is 18.9. The van der Waals surface area contributed by atoms with E-state index in [0.29, 0.717) is 28.1 Å². The molecule has 1 unspecified atom stereocenters. The predicted octanol–water partition coefficient (Wildman–Crippen LogP) is 6.75. The highest BCUT2D eigenvalue weighted by Crippen LogP contribution is 2.33. The van der Waals surface area contributed by atoms with E-state index in [1.165, 1.54) is 0 Å². The summed E-state index contributed by atoms with van der Waals surface area (Å²) in [6, 6.07) is 25.3. The van der Waals surface area contributed by atoms with Gasteiger partial charge in [-0.1, -0.05) is 77.8 Å². The number of imidazole rings is 1. The summed E-state index contributed by atoms with van der Waals surface area (Å²) in [5.41, 5.74) is 3.86. The summed E-state index contributed by atoms with van der Waals surface area (Å²) in [6.45, 7) is 5.59. The van der Waals surface area contributed by atoms with Gasteiger partial charge in [0, 0.05) is 50.5 Å². The number of rotatable bonds is 8. The molecule has 1 saturated heterocycles. The molecule has 7 nitrogen and oxygen atoms in total. The molecule has 2 heterocycles. The molecule has 13 heteroatoms. The van der Waals surface area contributed by atoms with Crippen LogP contribution in [0.3, 0.4) is 0 Å². The second-order valence-electron chi connectivity index (χ2n) is 9.63. The normalized spacial score (nSPS) is 13.4. The number of aromatic nitrogens is 2. The lowest BCUT2D eigenvalue weighted by Crippen LogP contribution is -2.50. The third kappa shape index (κ3) is 9.16. The molecule has 1 amide bonds. The summed E-state index contributed by atoms with van der Waals surface area (Å²) >= 11 is 12.6.